The quantitative estimate of drug-likeness (QED) is 0.847. The van der Waals surface area contributed by atoms with Crippen molar-refractivity contribution in [1.29, 1.82) is 5.26 Å². The van der Waals surface area contributed by atoms with Gasteiger partial charge < -0.3 is 9.47 Å². The van der Waals surface area contributed by atoms with Gasteiger partial charge in [-0.3, -0.25) is 0 Å². The van der Waals surface area contributed by atoms with Crippen LogP contribution in [0, 0.1) is 23.0 Å². The van der Waals surface area contributed by atoms with Crippen LogP contribution in [0.2, 0.25) is 0 Å². The molecule has 0 atom stereocenters. The Bertz CT molecular complexity index is 630. The van der Waals surface area contributed by atoms with Gasteiger partial charge in [-0.2, -0.15) is 5.26 Å². The fourth-order valence-electron chi connectivity index (χ4n) is 1.52. The number of benzene rings is 2. The summed E-state index contributed by atoms with van der Waals surface area (Å²) in [7, 11) is 1.47. The van der Waals surface area contributed by atoms with Gasteiger partial charge in [0, 0.05) is 24.3 Å². The molecule has 0 bridgehead atoms. The van der Waals surface area contributed by atoms with Crippen molar-refractivity contribution in [3.8, 4) is 23.3 Å². The molecule has 19 heavy (non-hydrogen) atoms. The van der Waals surface area contributed by atoms with E-state index in [0.29, 0.717) is 5.75 Å². The Morgan fingerprint density at radius 1 is 1.00 bits per heavy atom. The molecule has 0 radical (unpaired) electrons. The third kappa shape index (κ3) is 2.99. The van der Waals surface area contributed by atoms with Crippen LogP contribution < -0.4 is 9.47 Å². The predicted octanol–water partition coefficient (Wildman–Crippen LogP) is 3.64. The molecule has 96 valence electrons. The second-order valence-corrected chi connectivity index (χ2v) is 3.68. The van der Waals surface area contributed by atoms with E-state index in [9.17, 15) is 8.78 Å². The van der Waals surface area contributed by atoms with Crippen LogP contribution in [0.3, 0.4) is 0 Å². The third-order valence-electron chi connectivity index (χ3n) is 2.37. The molecule has 0 aliphatic rings. The minimum atomic E-state index is -0.753. The Balaban J connectivity index is 2.39. The van der Waals surface area contributed by atoms with Crippen LogP contribution in [0.1, 0.15) is 5.56 Å². The van der Waals surface area contributed by atoms with Gasteiger partial charge in [0.25, 0.3) is 0 Å². The molecule has 0 saturated carbocycles. The lowest BCUT2D eigenvalue weighted by atomic mass is 10.2. The molecule has 3 nitrogen and oxygen atoms in total. The minimum Gasteiger partial charge on any atom is -0.497 e. The Labute approximate surface area is 108 Å². The molecule has 5 heteroatoms. The van der Waals surface area contributed by atoms with E-state index < -0.39 is 11.6 Å². The van der Waals surface area contributed by atoms with Crippen molar-refractivity contribution in [3.63, 3.8) is 0 Å². The SMILES string of the molecule is COc1ccc(C#N)c(Oc2cc(F)cc(F)c2)c1. The smallest absolute Gasteiger partial charge is 0.148 e. The van der Waals surface area contributed by atoms with Crippen LogP contribution in [0.15, 0.2) is 36.4 Å². The van der Waals surface area contributed by atoms with E-state index in [0.717, 1.165) is 18.2 Å². The number of rotatable bonds is 3. The first kappa shape index (κ1) is 12.8. The van der Waals surface area contributed by atoms with Crippen molar-refractivity contribution in [2.45, 2.75) is 0 Å². The fourth-order valence-corrected chi connectivity index (χ4v) is 1.52. The summed E-state index contributed by atoms with van der Waals surface area (Å²) in [5.74, 6) is -0.882. The van der Waals surface area contributed by atoms with E-state index in [-0.39, 0.29) is 17.1 Å². The van der Waals surface area contributed by atoms with Gasteiger partial charge in [-0.15, -0.1) is 0 Å². The zero-order valence-electron chi connectivity index (χ0n) is 9.98. The number of nitriles is 1. The molecule has 0 aromatic heterocycles. The summed E-state index contributed by atoms with van der Waals surface area (Å²) in [6.45, 7) is 0. The van der Waals surface area contributed by atoms with Crippen molar-refractivity contribution < 1.29 is 18.3 Å². The largest absolute Gasteiger partial charge is 0.497 e. The second-order valence-electron chi connectivity index (χ2n) is 3.68. The summed E-state index contributed by atoms with van der Waals surface area (Å²) in [4.78, 5) is 0. The predicted molar refractivity (Wildman–Crippen MR) is 64.1 cm³/mol. The van der Waals surface area contributed by atoms with Crippen molar-refractivity contribution in [3.05, 3.63) is 53.6 Å². The van der Waals surface area contributed by atoms with Crippen molar-refractivity contribution in [1.82, 2.24) is 0 Å². The van der Waals surface area contributed by atoms with Gasteiger partial charge in [0.1, 0.15) is 35.0 Å². The number of hydrogen-bond acceptors (Lipinski definition) is 3. The van der Waals surface area contributed by atoms with Crippen molar-refractivity contribution in [2.75, 3.05) is 7.11 Å². The maximum absolute atomic E-state index is 13.0. The summed E-state index contributed by atoms with van der Waals surface area (Å²) in [6.07, 6.45) is 0. The average molecular weight is 261 g/mol. The lowest BCUT2D eigenvalue weighted by molar-refractivity contribution is 0.408. The summed E-state index contributed by atoms with van der Waals surface area (Å²) >= 11 is 0. The highest BCUT2D eigenvalue weighted by molar-refractivity contribution is 5.49. The van der Waals surface area contributed by atoms with Gasteiger partial charge in [0.05, 0.1) is 12.7 Å². The van der Waals surface area contributed by atoms with Gasteiger partial charge in [0.2, 0.25) is 0 Å². The van der Waals surface area contributed by atoms with Gasteiger partial charge in [0.15, 0.2) is 0 Å². The van der Waals surface area contributed by atoms with E-state index in [2.05, 4.69) is 0 Å². The molecule has 2 aromatic rings. The summed E-state index contributed by atoms with van der Waals surface area (Å²) < 4.78 is 36.4. The summed E-state index contributed by atoms with van der Waals surface area (Å²) in [5.41, 5.74) is 0.241. The molecule has 0 aliphatic heterocycles. The van der Waals surface area contributed by atoms with Gasteiger partial charge >= 0.3 is 0 Å². The molecule has 0 fully saturated rings. The van der Waals surface area contributed by atoms with E-state index in [4.69, 9.17) is 14.7 Å². The van der Waals surface area contributed by atoms with Crippen molar-refractivity contribution >= 4 is 0 Å². The standard InChI is InChI=1S/C14H9F2NO2/c1-18-12-3-2-9(8-17)14(7-12)19-13-5-10(15)4-11(16)6-13/h2-7H,1H3. The molecular formula is C14H9F2NO2. The Morgan fingerprint density at radius 2 is 1.68 bits per heavy atom. The average Bonchev–Trinajstić information content (AvgIpc) is 2.37. The van der Waals surface area contributed by atoms with E-state index in [1.165, 1.54) is 19.2 Å². The van der Waals surface area contributed by atoms with Crippen LogP contribution >= 0.6 is 0 Å². The number of hydrogen-bond donors (Lipinski definition) is 0. The first-order chi connectivity index (χ1) is 9.12. The third-order valence-corrected chi connectivity index (χ3v) is 2.37. The first-order valence-electron chi connectivity index (χ1n) is 5.34. The maximum Gasteiger partial charge on any atom is 0.148 e. The first-order valence-corrected chi connectivity index (χ1v) is 5.34. The lowest BCUT2D eigenvalue weighted by Gasteiger charge is -2.09. The summed E-state index contributed by atoms with van der Waals surface area (Å²) in [5, 5.41) is 8.95. The number of ether oxygens (including phenoxy) is 2. The van der Waals surface area contributed by atoms with E-state index in [1.807, 2.05) is 6.07 Å². The molecule has 2 rings (SSSR count). The van der Waals surface area contributed by atoms with Crippen LogP contribution in [-0.4, -0.2) is 7.11 Å². The molecule has 0 amide bonds. The zero-order valence-corrected chi connectivity index (χ0v) is 9.98. The van der Waals surface area contributed by atoms with Crippen LogP contribution in [0.4, 0.5) is 8.78 Å². The van der Waals surface area contributed by atoms with Crippen LogP contribution in [-0.2, 0) is 0 Å². The Kier molecular flexibility index (Phi) is 3.62. The molecule has 0 heterocycles. The molecule has 0 saturated heterocycles. The minimum absolute atomic E-state index is 0.0257. The number of halogens is 2. The molecule has 2 aromatic carbocycles. The van der Waals surface area contributed by atoms with Crippen LogP contribution in [0.25, 0.3) is 0 Å². The molecular weight excluding hydrogens is 252 g/mol. The van der Waals surface area contributed by atoms with Gasteiger partial charge in [-0.25, -0.2) is 8.78 Å². The Hall–Kier alpha value is -2.61. The second kappa shape index (κ2) is 5.36. The zero-order chi connectivity index (χ0) is 13.8. The van der Waals surface area contributed by atoms with Gasteiger partial charge in [-0.05, 0) is 12.1 Å². The highest BCUT2D eigenvalue weighted by Gasteiger charge is 2.08. The topological polar surface area (TPSA) is 42.2 Å². The van der Waals surface area contributed by atoms with E-state index in [1.54, 1.807) is 6.07 Å². The molecule has 0 spiro atoms. The monoisotopic (exact) mass is 261 g/mol. The highest BCUT2D eigenvalue weighted by atomic mass is 19.1. The highest BCUT2D eigenvalue weighted by Crippen LogP contribution is 2.29. The lowest BCUT2D eigenvalue weighted by Crippen LogP contribution is -1.92. The summed E-state index contributed by atoms with van der Waals surface area (Å²) in [6, 6.07) is 9.30. The number of methoxy groups -OCH3 is 1. The normalized spacial score (nSPS) is 9.79. The molecule has 0 aliphatic carbocycles. The fraction of sp³-hybridized carbons (Fsp3) is 0.0714. The maximum atomic E-state index is 13.0. The van der Waals surface area contributed by atoms with Gasteiger partial charge in [-0.1, -0.05) is 0 Å². The van der Waals surface area contributed by atoms with Crippen LogP contribution in [0.5, 0.6) is 17.2 Å². The Morgan fingerprint density at radius 3 is 2.26 bits per heavy atom. The number of nitrogens with zero attached hydrogens (tertiary/aromatic N) is 1. The molecule has 0 N–H and O–H groups in total. The van der Waals surface area contributed by atoms with E-state index >= 15 is 0 Å². The van der Waals surface area contributed by atoms with Crippen molar-refractivity contribution in [2.24, 2.45) is 0 Å². The molecule has 0 unspecified atom stereocenters.